The Hall–Kier alpha value is -1.15. The maximum atomic E-state index is 15.0. The summed E-state index contributed by atoms with van der Waals surface area (Å²) in [6.07, 6.45) is 8.69. The molecule has 1 aliphatic carbocycles. The Labute approximate surface area is 159 Å². The minimum absolute atomic E-state index is 0.0130. The predicted octanol–water partition coefficient (Wildman–Crippen LogP) is 6.65. The number of allylic oxidation sites excluding steroid dienone is 1. The molecule has 2 heteroatoms. The number of nitrogens with zero attached hydrogens (tertiary/aromatic N) is 1. The first-order valence-corrected chi connectivity index (χ1v) is 10.3. The van der Waals surface area contributed by atoms with E-state index >= 15 is 0 Å². The second-order valence-electron chi connectivity index (χ2n) is 9.92. The molecule has 2 aliphatic rings. The molecule has 0 atom stereocenters. The highest BCUT2D eigenvalue weighted by Gasteiger charge is 2.43. The molecule has 1 saturated heterocycles. The van der Waals surface area contributed by atoms with Gasteiger partial charge >= 0.3 is 0 Å². The lowest BCUT2D eigenvalue weighted by Gasteiger charge is -2.54. The highest BCUT2D eigenvalue weighted by molar-refractivity contribution is 5.31. The Morgan fingerprint density at radius 1 is 1.00 bits per heavy atom. The number of likely N-dealkylation sites (tertiary alicyclic amines) is 1. The molecular weight excluding hydrogens is 321 g/mol. The average Bonchev–Trinajstić information content (AvgIpc) is 2.59. The second kappa shape index (κ2) is 7.11. The third-order valence-corrected chi connectivity index (χ3v) is 7.35. The van der Waals surface area contributed by atoms with Crippen molar-refractivity contribution in [3.8, 4) is 0 Å². The molecule has 1 aliphatic heterocycles. The molecular formula is C24H36FN. The van der Waals surface area contributed by atoms with Crippen LogP contribution in [0.15, 0.2) is 30.9 Å². The zero-order valence-electron chi connectivity index (χ0n) is 17.3. The van der Waals surface area contributed by atoms with Crippen LogP contribution in [0.2, 0.25) is 0 Å². The van der Waals surface area contributed by atoms with Gasteiger partial charge in [0.25, 0.3) is 0 Å². The summed E-state index contributed by atoms with van der Waals surface area (Å²) in [4.78, 5) is 2.49. The van der Waals surface area contributed by atoms with Crippen LogP contribution >= 0.6 is 0 Å². The summed E-state index contributed by atoms with van der Waals surface area (Å²) in [6, 6.07) is 6.14. The zero-order chi connectivity index (χ0) is 19.1. The van der Waals surface area contributed by atoms with Gasteiger partial charge in [0.2, 0.25) is 0 Å². The Kier molecular flexibility index (Phi) is 5.36. The fourth-order valence-electron chi connectivity index (χ4n) is 5.40. The molecule has 0 spiro atoms. The lowest BCUT2D eigenvalue weighted by Crippen LogP contribution is -2.58. The van der Waals surface area contributed by atoms with Crippen LogP contribution in [-0.4, -0.2) is 23.0 Å². The van der Waals surface area contributed by atoms with Gasteiger partial charge in [-0.05, 0) is 108 Å². The predicted molar refractivity (Wildman–Crippen MR) is 109 cm³/mol. The monoisotopic (exact) mass is 357 g/mol. The van der Waals surface area contributed by atoms with Crippen LogP contribution < -0.4 is 0 Å². The van der Waals surface area contributed by atoms with E-state index in [0.717, 1.165) is 44.1 Å². The van der Waals surface area contributed by atoms with Crippen molar-refractivity contribution in [3.05, 3.63) is 47.8 Å². The minimum atomic E-state index is 0.0130. The standard InChI is InChI=1S/C24H36FN/c1-7-17-8-10-18(11-9-17)21-13-12-19(14-22(21)25)20-15-23(2,3)26(6)24(4,5)16-20/h7,12-14,17-18,20H,1,8-11,15-16H2,2-6H3. The second-order valence-corrected chi connectivity index (χ2v) is 9.92. The minimum Gasteiger partial charge on any atom is -0.296 e. The first-order valence-electron chi connectivity index (χ1n) is 10.3. The summed E-state index contributed by atoms with van der Waals surface area (Å²) in [5, 5.41) is 0. The fraction of sp³-hybridized carbons (Fsp3) is 0.667. The van der Waals surface area contributed by atoms with Crippen molar-refractivity contribution in [1.82, 2.24) is 4.90 Å². The van der Waals surface area contributed by atoms with E-state index in [4.69, 9.17) is 0 Å². The molecule has 3 rings (SSSR count). The summed E-state index contributed by atoms with van der Waals surface area (Å²) in [5.41, 5.74) is 2.37. The Morgan fingerprint density at radius 3 is 2.08 bits per heavy atom. The molecule has 0 amide bonds. The number of halogens is 1. The molecule has 1 saturated carbocycles. The third-order valence-electron chi connectivity index (χ3n) is 7.35. The largest absolute Gasteiger partial charge is 0.296 e. The molecule has 0 N–H and O–H groups in total. The Morgan fingerprint density at radius 2 is 1.58 bits per heavy atom. The van der Waals surface area contributed by atoms with E-state index in [9.17, 15) is 4.39 Å². The van der Waals surface area contributed by atoms with Crippen LogP contribution in [0.3, 0.4) is 0 Å². The van der Waals surface area contributed by atoms with Gasteiger partial charge < -0.3 is 0 Å². The number of hydrogen-bond acceptors (Lipinski definition) is 1. The molecule has 1 heterocycles. The average molecular weight is 358 g/mol. The Bertz CT molecular complexity index is 634. The lowest BCUT2D eigenvalue weighted by atomic mass is 9.71. The number of rotatable bonds is 3. The first-order chi connectivity index (χ1) is 12.1. The van der Waals surface area contributed by atoms with Crippen molar-refractivity contribution in [2.24, 2.45) is 5.92 Å². The van der Waals surface area contributed by atoms with Gasteiger partial charge in [0, 0.05) is 11.1 Å². The molecule has 0 radical (unpaired) electrons. The summed E-state index contributed by atoms with van der Waals surface area (Å²) >= 11 is 0. The van der Waals surface area contributed by atoms with Crippen molar-refractivity contribution in [3.63, 3.8) is 0 Å². The van der Waals surface area contributed by atoms with Gasteiger partial charge in [-0.15, -0.1) is 6.58 Å². The highest BCUT2D eigenvalue weighted by Crippen LogP contribution is 2.45. The molecule has 1 nitrogen and oxygen atoms in total. The number of hydrogen-bond donors (Lipinski definition) is 0. The van der Waals surface area contributed by atoms with Crippen molar-refractivity contribution >= 4 is 0 Å². The molecule has 144 valence electrons. The SMILES string of the molecule is C=CC1CCC(c2ccc(C3CC(C)(C)N(C)C(C)(C)C3)cc2F)CC1. The van der Waals surface area contributed by atoms with Gasteiger partial charge in [0.15, 0.2) is 0 Å². The van der Waals surface area contributed by atoms with Crippen molar-refractivity contribution < 1.29 is 4.39 Å². The number of benzene rings is 1. The molecule has 26 heavy (non-hydrogen) atoms. The smallest absolute Gasteiger partial charge is 0.126 e. The quantitative estimate of drug-likeness (QED) is 0.547. The van der Waals surface area contributed by atoms with Gasteiger partial charge in [-0.1, -0.05) is 18.2 Å². The molecule has 0 unspecified atom stereocenters. The Balaban J connectivity index is 1.78. The van der Waals surface area contributed by atoms with Crippen LogP contribution in [0.5, 0.6) is 0 Å². The normalized spacial score (nSPS) is 29.5. The molecule has 0 bridgehead atoms. The molecule has 1 aromatic rings. The molecule has 0 aromatic heterocycles. The van der Waals surface area contributed by atoms with Crippen LogP contribution in [0.1, 0.15) is 89.2 Å². The number of piperidine rings is 1. The van der Waals surface area contributed by atoms with Crippen LogP contribution in [0.4, 0.5) is 4.39 Å². The third kappa shape index (κ3) is 3.76. The van der Waals surface area contributed by atoms with Crippen molar-refractivity contribution in [2.45, 2.75) is 89.1 Å². The summed E-state index contributed by atoms with van der Waals surface area (Å²) in [5.74, 6) is 1.44. The maximum absolute atomic E-state index is 15.0. The lowest BCUT2D eigenvalue weighted by molar-refractivity contribution is -0.0128. The zero-order valence-corrected chi connectivity index (χ0v) is 17.3. The van der Waals surface area contributed by atoms with Gasteiger partial charge in [-0.2, -0.15) is 0 Å². The fourth-order valence-corrected chi connectivity index (χ4v) is 5.40. The van der Waals surface area contributed by atoms with Gasteiger partial charge in [0.05, 0.1) is 0 Å². The van der Waals surface area contributed by atoms with Crippen LogP contribution in [0, 0.1) is 11.7 Å². The van der Waals surface area contributed by atoms with Crippen LogP contribution in [-0.2, 0) is 0 Å². The van der Waals surface area contributed by atoms with E-state index in [0.29, 0.717) is 17.8 Å². The van der Waals surface area contributed by atoms with E-state index in [-0.39, 0.29) is 16.9 Å². The van der Waals surface area contributed by atoms with E-state index in [2.05, 4.69) is 64.4 Å². The molecule has 2 fully saturated rings. The maximum Gasteiger partial charge on any atom is 0.126 e. The van der Waals surface area contributed by atoms with Crippen molar-refractivity contribution in [2.75, 3.05) is 7.05 Å². The topological polar surface area (TPSA) is 3.24 Å². The molecule has 1 aromatic carbocycles. The van der Waals surface area contributed by atoms with Crippen LogP contribution in [0.25, 0.3) is 0 Å². The highest BCUT2D eigenvalue weighted by atomic mass is 19.1. The first kappa shape index (κ1) is 19.6. The van der Waals surface area contributed by atoms with E-state index < -0.39 is 0 Å². The summed E-state index contributed by atoms with van der Waals surface area (Å²) in [7, 11) is 2.22. The summed E-state index contributed by atoms with van der Waals surface area (Å²) in [6.45, 7) is 13.2. The van der Waals surface area contributed by atoms with E-state index in [1.54, 1.807) is 0 Å². The van der Waals surface area contributed by atoms with Gasteiger partial charge in [0.1, 0.15) is 5.82 Å². The van der Waals surface area contributed by atoms with Gasteiger partial charge in [-0.3, -0.25) is 4.90 Å². The summed E-state index contributed by atoms with van der Waals surface area (Å²) < 4.78 is 15.0. The van der Waals surface area contributed by atoms with Crippen molar-refractivity contribution in [1.29, 1.82) is 0 Å². The van der Waals surface area contributed by atoms with Gasteiger partial charge in [-0.25, -0.2) is 4.39 Å². The van der Waals surface area contributed by atoms with E-state index in [1.165, 1.54) is 5.56 Å². The van der Waals surface area contributed by atoms with E-state index in [1.807, 2.05) is 6.07 Å².